The minimum absolute atomic E-state index is 0.0854. The van der Waals surface area contributed by atoms with Crippen LogP contribution in [0.4, 0.5) is 0 Å². The molecule has 0 saturated carbocycles. The summed E-state index contributed by atoms with van der Waals surface area (Å²) in [6, 6.07) is 6.08. The zero-order valence-corrected chi connectivity index (χ0v) is 18.6. The van der Waals surface area contributed by atoms with E-state index in [1.54, 1.807) is 0 Å². The second kappa shape index (κ2) is 11.6. The Morgan fingerprint density at radius 2 is 1.85 bits per heavy atom. The van der Waals surface area contributed by atoms with Crippen LogP contribution in [0, 0.1) is 5.92 Å². The summed E-state index contributed by atoms with van der Waals surface area (Å²) >= 11 is 0. The average Bonchev–Trinajstić information content (AvgIpc) is 3.41. The molecule has 2 atom stereocenters. The first kappa shape index (κ1) is 24.5. The number of H-pyrrole nitrogens is 1. The lowest BCUT2D eigenvalue weighted by Gasteiger charge is -2.44. The van der Waals surface area contributed by atoms with Crippen molar-refractivity contribution >= 4 is 29.8 Å². The number of benzene rings is 1. The monoisotopic (exact) mass is 461 g/mol. The van der Waals surface area contributed by atoms with Gasteiger partial charge in [0.25, 0.3) is 18.9 Å². The number of rotatable bonds is 4. The summed E-state index contributed by atoms with van der Waals surface area (Å²) in [5, 5.41) is 25.1. The quantitative estimate of drug-likeness (QED) is 0.487. The Bertz CT molecular complexity index is 936. The van der Waals surface area contributed by atoms with Gasteiger partial charge in [0.1, 0.15) is 11.9 Å². The number of nitrogens with zero attached hydrogens (tertiary/aromatic N) is 3. The van der Waals surface area contributed by atoms with Crippen LogP contribution in [0.1, 0.15) is 29.8 Å². The fourth-order valence-corrected chi connectivity index (χ4v) is 4.79. The molecule has 4 saturated heterocycles. The Morgan fingerprint density at radius 3 is 2.42 bits per heavy atom. The molecule has 4 aliphatic heterocycles. The van der Waals surface area contributed by atoms with Gasteiger partial charge in [-0.25, -0.2) is 0 Å². The minimum atomic E-state index is -0.250. The molecule has 11 nitrogen and oxygen atoms in total. The number of aromatic amines is 1. The van der Waals surface area contributed by atoms with Gasteiger partial charge in [-0.15, -0.1) is 0 Å². The van der Waals surface area contributed by atoms with Crippen LogP contribution >= 0.6 is 0 Å². The van der Waals surface area contributed by atoms with E-state index in [2.05, 4.69) is 32.4 Å². The van der Waals surface area contributed by atoms with Gasteiger partial charge in [-0.1, -0.05) is 0 Å². The summed E-state index contributed by atoms with van der Waals surface area (Å²) in [5.41, 5.74) is 1.33. The third-order valence-corrected chi connectivity index (χ3v) is 6.37. The van der Waals surface area contributed by atoms with E-state index in [1.807, 2.05) is 18.2 Å². The maximum absolute atomic E-state index is 12.9. The first-order valence-corrected chi connectivity index (χ1v) is 11.0. The Kier molecular flexibility index (Phi) is 8.61. The molecule has 4 fully saturated rings. The highest BCUT2D eigenvalue weighted by Crippen LogP contribution is 2.29. The number of aromatic nitrogens is 2. The highest BCUT2D eigenvalue weighted by Gasteiger charge is 2.35. The molecule has 1 aromatic carbocycles. The number of piperidine rings is 3. The lowest BCUT2D eigenvalue weighted by atomic mass is 9.84. The second-order valence-corrected chi connectivity index (χ2v) is 8.50. The standard InChI is InChI=1S/C20H27N5O2.2CH2O2/c1-24-7-6-15(11-24)27-14-2-3-17-16(10-14)19(23-22-17)20(26)21-18-12-25-8-4-13(18)5-9-25;2*2-1-3/h2-3,10,13,15,18H,4-9,11-12H2,1H3,(H,21,26)(H,22,23);2*1H,(H,2,3)/t15?,18-;;/m1../s1. The van der Waals surface area contributed by atoms with E-state index in [-0.39, 0.29) is 31.0 Å². The zero-order valence-electron chi connectivity index (χ0n) is 18.6. The van der Waals surface area contributed by atoms with Crippen LogP contribution in [0.25, 0.3) is 10.9 Å². The van der Waals surface area contributed by atoms with Crippen molar-refractivity contribution < 1.29 is 29.3 Å². The highest BCUT2D eigenvalue weighted by atomic mass is 16.5. The molecule has 180 valence electrons. The van der Waals surface area contributed by atoms with E-state index in [0.29, 0.717) is 11.6 Å². The lowest BCUT2D eigenvalue weighted by Crippen LogP contribution is -2.57. The van der Waals surface area contributed by atoms with Crippen molar-refractivity contribution in [2.75, 3.05) is 39.8 Å². The van der Waals surface area contributed by atoms with Crippen LogP contribution < -0.4 is 10.1 Å². The van der Waals surface area contributed by atoms with E-state index < -0.39 is 0 Å². The van der Waals surface area contributed by atoms with Crippen LogP contribution in [-0.2, 0) is 9.59 Å². The fraction of sp³-hybridized carbons (Fsp3) is 0.545. The molecule has 33 heavy (non-hydrogen) atoms. The minimum Gasteiger partial charge on any atom is -0.489 e. The van der Waals surface area contributed by atoms with Crippen molar-refractivity contribution in [3.8, 4) is 5.75 Å². The van der Waals surface area contributed by atoms with Gasteiger partial charge in [0.2, 0.25) is 0 Å². The van der Waals surface area contributed by atoms with E-state index in [4.69, 9.17) is 24.5 Å². The molecule has 6 rings (SSSR count). The van der Waals surface area contributed by atoms with Crippen molar-refractivity contribution in [3.63, 3.8) is 0 Å². The van der Waals surface area contributed by atoms with Crippen LogP contribution in [0.15, 0.2) is 18.2 Å². The maximum atomic E-state index is 12.9. The lowest BCUT2D eigenvalue weighted by molar-refractivity contribution is -0.123. The molecule has 5 heterocycles. The van der Waals surface area contributed by atoms with Gasteiger partial charge in [0.05, 0.1) is 5.52 Å². The molecule has 0 radical (unpaired) electrons. The first-order valence-electron chi connectivity index (χ1n) is 11.0. The van der Waals surface area contributed by atoms with Crippen molar-refractivity contribution in [1.82, 2.24) is 25.3 Å². The Hall–Kier alpha value is -3.18. The van der Waals surface area contributed by atoms with E-state index in [1.165, 1.54) is 25.9 Å². The van der Waals surface area contributed by atoms with Gasteiger partial charge in [-0.2, -0.15) is 5.10 Å². The number of carbonyl (C=O) groups is 3. The summed E-state index contributed by atoms with van der Waals surface area (Å²) in [6.07, 6.45) is 3.61. The molecule has 2 bridgehead atoms. The number of ether oxygens (including phenoxy) is 1. The fourth-order valence-electron chi connectivity index (χ4n) is 4.79. The number of likely N-dealkylation sites (N-methyl/N-ethyl adjacent to an activating group) is 1. The SMILES string of the molecule is CN1CCC(Oc2ccc3[nH]nc(C(=O)N[C@@H]4CN5CCC4CC5)c3c2)C1.O=CO.O=CO. The van der Waals surface area contributed by atoms with Crippen molar-refractivity contribution in [2.45, 2.75) is 31.4 Å². The number of carbonyl (C=O) groups excluding carboxylic acids is 1. The average molecular weight is 462 g/mol. The number of nitrogens with one attached hydrogen (secondary N) is 2. The number of hydrogen-bond donors (Lipinski definition) is 4. The largest absolute Gasteiger partial charge is 0.489 e. The highest BCUT2D eigenvalue weighted by molar-refractivity contribution is 6.05. The van der Waals surface area contributed by atoms with Gasteiger partial charge < -0.3 is 30.1 Å². The van der Waals surface area contributed by atoms with Crippen LogP contribution in [0.2, 0.25) is 0 Å². The predicted octanol–water partition coefficient (Wildman–Crippen LogP) is 0.871. The topological polar surface area (TPSA) is 148 Å². The van der Waals surface area contributed by atoms with E-state index in [0.717, 1.165) is 42.7 Å². The van der Waals surface area contributed by atoms with Gasteiger partial charge in [-0.05, 0) is 63.5 Å². The van der Waals surface area contributed by atoms with Gasteiger partial charge in [-0.3, -0.25) is 19.5 Å². The van der Waals surface area contributed by atoms with Crippen LogP contribution in [0.5, 0.6) is 5.75 Å². The van der Waals surface area contributed by atoms with Crippen LogP contribution in [-0.4, -0.2) is 101 Å². The van der Waals surface area contributed by atoms with Crippen molar-refractivity contribution in [1.29, 1.82) is 0 Å². The van der Waals surface area contributed by atoms with Crippen LogP contribution in [0.3, 0.4) is 0 Å². The number of fused-ring (bicyclic) bond motifs is 4. The van der Waals surface area contributed by atoms with Gasteiger partial charge in [0.15, 0.2) is 5.69 Å². The normalized spacial score (nSPS) is 25.8. The maximum Gasteiger partial charge on any atom is 0.290 e. The number of amides is 1. The summed E-state index contributed by atoms with van der Waals surface area (Å²) < 4.78 is 6.13. The molecular formula is C22H31N5O6. The molecule has 0 spiro atoms. The molecule has 1 amide bonds. The third-order valence-electron chi connectivity index (χ3n) is 6.37. The summed E-state index contributed by atoms with van der Waals surface area (Å²) in [4.78, 5) is 34.3. The first-order chi connectivity index (χ1) is 16.0. The molecule has 4 N–H and O–H groups in total. The van der Waals surface area contributed by atoms with E-state index in [9.17, 15) is 4.79 Å². The molecule has 4 aliphatic rings. The molecule has 11 heteroatoms. The molecule has 2 aromatic rings. The molecular weight excluding hydrogens is 430 g/mol. The van der Waals surface area contributed by atoms with Gasteiger partial charge in [0, 0.05) is 31.1 Å². The predicted molar refractivity (Wildman–Crippen MR) is 120 cm³/mol. The summed E-state index contributed by atoms with van der Waals surface area (Å²) in [7, 11) is 2.11. The van der Waals surface area contributed by atoms with Gasteiger partial charge >= 0.3 is 0 Å². The molecule has 1 unspecified atom stereocenters. The number of carboxylic acid groups (broad SMARTS) is 2. The Labute approximate surface area is 191 Å². The summed E-state index contributed by atoms with van der Waals surface area (Å²) in [6.45, 7) is 4.79. The molecule has 1 aromatic heterocycles. The Morgan fingerprint density at radius 1 is 1.15 bits per heavy atom. The van der Waals surface area contributed by atoms with Crippen molar-refractivity contribution in [2.24, 2.45) is 5.92 Å². The number of hydrogen-bond acceptors (Lipinski definition) is 7. The third kappa shape index (κ3) is 6.20. The summed E-state index contributed by atoms with van der Waals surface area (Å²) in [5.74, 6) is 1.32. The molecule has 0 aliphatic carbocycles. The van der Waals surface area contributed by atoms with Crippen molar-refractivity contribution in [3.05, 3.63) is 23.9 Å². The van der Waals surface area contributed by atoms with E-state index >= 15 is 0 Å². The smallest absolute Gasteiger partial charge is 0.290 e. The zero-order chi connectivity index (χ0) is 23.8. The Balaban J connectivity index is 0.000000464. The second-order valence-electron chi connectivity index (χ2n) is 8.50. The number of likely N-dealkylation sites (tertiary alicyclic amines) is 1.